The number of hydrogen-bond acceptors (Lipinski definition) is 4. The highest BCUT2D eigenvalue weighted by molar-refractivity contribution is 5.88. The summed E-state index contributed by atoms with van der Waals surface area (Å²) in [5.41, 5.74) is -0.250. The van der Waals surface area contributed by atoms with Crippen LogP contribution in [-0.4, -0.2) is 30.8 Å². The molecule has 0 radical (unpaired) electrons. The van der Waals surface area contributed by atoms with Crippen molar-refractivity contribution in [3.8, 4) is 0 Å². The van der Waals surface area contributed by atoms with Crippen molar-refractivity contribution < 1.29 is 23.4 Å². The second-order valence-corrected chi connectivity index (χ2v) is 5.93. The summed E-state index contributed by atoms with van der Waals surface area (Å²) in [5, 5.41) is 12.4. The van der Waals surface area contributed by atoms with E-state index in [0.717, 1.165) is 0 Å². The van der Waals surface area contributed by atoms with Crippen molar-refractivity contribution in [2.75, 3.05) is 19.8 Å². The molecule has 1 aromatic heterocycles. The van der Waals surface area contributed by atoms with E-state index in [2.05, 4.69) is 5.32 Å². The highest BCUT2D eigenvalue weighted by Crippen LogP contribution is 2.36. The van der Waals surface area contributed by atoms with E-state index >= 15 is 0 Å². The molecule has 2 N–H and O–H groups in total. The Morgan fingerprint density at radius 1 is 1.29 bits per heavy atom. The zero-order valence-electron chi connectivity index (χ0n) is 13.2. The van der Waals surface area contributed by atoms with E-state index in [1.807, 2.05) is 0 Å². The van der Waals surface area contributed by atoms with Crippen LogP contribution in [0.2, 0.25) is 0 Å². The zero-order chi connectivity index (χ0) is 17.0. The third-order valence-corrected chi connectivity index (χ3v) is 4.53. The number of ether oxygens (including phenoxy) is 1. The van der Waals surface area contributed by atoms with Crippen LogP contribution in [-0.2, 0) is 14.9 Å². The van der Waals surface area contributed by atoms with Crippen LogP contribution in [0.5, 0.6) is 0 Å². The van der Waals surface area contributed by atoms with Gasteiger partial charge >= 0.3 is 0 Å². The summed E-state index contributed by atoms with van der Waals surface area (Å²) in [5.74, 6) is -0.157. The van der Waals surface area contributed by atoms with Gasteiger partial charge in [-0.15, -0.1) is 0 Å². The molecule has 1 fully saturated rings. The molecule has 128 valence electrons. The van der Waals surface area contributed by atoms with E-state index in [4.69, 9.17) is 9.15 Å². The molecule has 1 amide bonds. The zero-order valence-corrected chi connectivity index (χ0v) is 13.2. The first kappa shape index (κ1) is 16.7. The molecule has 1 unspecified atom stereocenters. The average molecular weight is 333 g/mol. The molecule has 5 nitrogen and oxygen atoms in total. The molecule has 0 aliphatic carbocycles. The lowest BCUT2D eigenvalue weighted by Crippen LogP contribution is -2.49. The number of aliphatic hydroxyl groups excluding tert-OH is 1. The van der Waals surface area contributed by atoms with E-state index in [-0.39, 0.29) is 18.3 Å². The predicted octanol–water partition coefficient (Wildman–Crippen LogP) is 2.32. The lowest BCUT2D eigenvalue weighted by Gasteiger charge is -2.37. The monoisotopic (exact) mass is 333 g/mol. The normalized spacial score (nSPS) is 18.1. The molecule has 1 atom stereocenters. The molecule has 1 saturated heterocycles. The fraction of sp³-hybridized carbons (Fsp3) is 0.389. The Hall–Kier alpha value is -2.18. The van der Waals surface area contributed by atoms with Crippen LogP contribution < -0.4 is 5.32 Å². The molecule has 0 spiro atoms. The number of rotatable bonds is 5. The van der Waals surface area contributed by atoms with Gasteiger partial charge in [-0.1, -0.05) is 12.1 Å². The largest absolute Gasteiger partial charge is 0.467 e. The number of amides is 1. The van der Waals surface area contributed by atoms with Crippen LogP contribution in [0.4, 0.5) is 4.39 Å². The minimum atomic E-state index is -0.875. The van der Waals surface area contributed by atoms with Gasteiger partial charge in [0, 0.05) is 13.2 Å². The van der Waals surface area contributed by atoms with Crippen molar-refractivity contribution in [2.24, 2.45) is 0 Å². The summed E-state index contributed by atoms with van der Waals surface area (Å²) in [6, 6.07) is 8.86. The summed E-state index contributed by atoms with van der Waals surface area (Å²) in [6.45, 7) is 0.567. The van der Waals surface area contributed by atoms with Crippen LogP contribution in [0.15, 0.2) is 47.1 Å². The fourth-order valence-corrected chi connectivity index (χ4v) is 3.15. The number of aliphatic hydroxyl groups is 1. The van der Waals surface area contributed by atoms with Crippen LogP contribution in [0.25, 0.3) is 0 Å². The van der Waals surface area contributed by atoms with Crippen molar-refractivity contribution in [1.82, 2.24) is 5.32 Å². The van der Waals surface area contributed by atoms with Gasteiger partial charge in [-0.25, -0.2) is 4.39 Å². The minimum absolute atomic E-state index is 0.258. The molecule has 2 heterocycles. The summed E-state index contributed by atoms with van der Waals surface area (Å²) >= 11 is 0. The Bertz CT molecular complexity index is 680. The van der Waals surface area contributed by atoms with Crippen LogP contribution >= 0.6 is 0 Å². The molecule has 1 aromatic carbocycles. The molecular formula is C18H20FNO4. The number of halogens is 1. The Balaban J connectivity index is 1.89. The summed E-state index contributed by atoms with van der Waals surface area (Å²) in [4.78, 5) is 13.1. The SMILES string of the molecule is O=C(NC(CO)c1ccco1)C1(c2cccc(F)c2)CCOCC1. The van der Waals surface area contributed by atoms with Gasteiger partial charge in [-0.2, -0.15) is 0 Å². The second kappa shape index (κ2) is 7.15. The molecule has 0 saturated carbocycles. The van der Waals surface area contributed by atoms with Crippen LogP contribution in [0, 0.1) is 5.82 Å². The Labute approximate surface area is 139 Å². The Morgan fingerprint density at radius 2 is 2.08 bits per heavy atom. The lowest BCUT2D eigenvalue weighted by molar-refractivity contribution is -0.131. The first-order chi connectivity index (χ1) is 11.7. The number of nitrogens with one attached hydrogen (secondary N) is 1. The molecule has 24 heavy (non-hydrogen) atoms. The van der Waals surface area contributed by atoms with Gasteiger partial charge in [0.05, 0.1) is 18.3 Å². The first-order valence-electron chi connectivity index (χ1n) is 7.95. The molecule has 0 bridgehead atoms. The maximum absolute atomic E-state index is 13.7. The topological polar surface area (TPSA) is 71.7 Å². The van der Waals surface area contributed by atoms with Gasteiger partial charge in [0.15, 0.2) is 0 Å². The molecule has 2 aromatic rings. The average Bonchev–Trinajstić information content (AvgIpc) is 3.14. The molecule has 3 rings (SSSR count). The predicted molar refractivity (Wildman–Crippen MR) is 84.8 cm³/mol. The number of hydrogen-bond donors (Lipinski definition) is 2. The number of carbonyl (C=O) groups excluding carboxylic acids is 1. The van der Waals surface area contributed by atoms with Crippen molar-refractivity contribution in [3.63, 3.8) is 0 Å². The van der Waals surface area contributed by atoms with Gasteiger partial charge in [0.2, 0.25) is 5.91 Å². The van der Waals surface area contributed by atoms with E-state index < -0.39 is 11.5 Å². The number of carbonyl (C=O) groups is 1. The summed E-state index contributed by atoms with van der Waals surface area (Å²) in [7, 11) is 0. The summed E-state index contributed by atoms with van der Waals surface area (Å²) in [6.07, 6.45) is 2.40. The molecule has 1 aliphatic heterocycles. The van der Waals surface area contributed by atoms with E-state index in [0.29, 0.717) is 37.4 Å². The number of furan rings is 1. The van der Waals surface area contributed by atoms with Crippen molar-refractivity contribution in [3.05, 3.63) is 59.8 Å². The fourth-order valence-electron chi connectivity index (χ4n) is 3.15. The van der Waals surface area contributed by atoms with E-state index in [9.17, 15) is 14.3 Å². The van der Waals surface area contributed by atoms with Crippen LogP contribution in [0.1, 0.15) is 30.2 Å². The van der Waals surface area contributed by atoms with Gasteiger partial charge in [0.25, 0.3) is 0 Å². The minimum Gasteiger partial charge on any atom is -0.467 e. The lowest BCUT2D eigenvalue weighted by atomic mass is 9.73. The van der Waals surface area contributed by atoms with Crippen LogP contribution in [0.3, 0.4) is 0 Å². The Kier molecular flexibility index (Phi) is 4.97. The van der Waals surface area contributed by atoms with Gasteiger partial charge < -0.3 is 19.6 Å². The highest BCUT2D eigenvalue weighted by Gasteiger charge is 2.42. The number of benzene rings is 1. The third kappa shape index (κ3) is 3.20. The van der Waals surface area contributed by atoms with Crippen molar-refractivity contribution in [2.45, 2.75) is 24.3 Å². The van der Waals surface area contributed by atoms with Gasteiger partial charge in [-0.3, -0.25) is 4.79 Å². The summed E-state index contributed by atoms with van der Waals surface area (Å²) < 4.78 is 24.4. The standard InChI is InChI=1S/C18H20FNO4/c19-14-4-1-3-13(11-14)18(6-9-23-10-7-18)17(22)20-15(12-21)16-5-2-8-24-16/h1-5,8,11,15,21H,6-7,9-10,12H2,(H,20,22). The molecule has 6 heteroatoms. The quantitative estimate of drug-likeness (QED) is 0.881. The Morgan fingerprint density at radius 3 is 2.71 bits per heavy atom. The first-order valence-corrected chi connectivity index (χ1v) is 7.95. The van der Waals surface area contributed by atoms with E-state index in [1.54, 1.807) is 24.3 Å². The van der Waals surface area contributed by atoms with E-state index in [1.165, 1.54) is 18.4 Å². The third-order valence-electron chi connectivity index (χ3n) is 4.53. The maximum atomic E-state index is 13.7. The maximum Gasteiger partial charge on any atom is 0.231 e. The van der Waals surface area contributed by atoms with Gasteiger partial charge in [0.1, 0.15) is 17.6 Å². The van der Waals surface area contributed by atoms with Crippen molar-refractivity contribution >= 4 is 5.91 Å². The van der Waals surface area contributed by atoms with Gasteiger partial charge in [-0.05, 0) is 42.7 Å². The van der Waals surface area contributed by atoms with Crippen molar-refractivity contribution in [1.29, 1.82) is 0 Å². The molecule has 1 aliphatic rings. The smallest absolute Gasteiger partial charge is 0.231 e. The second-order valence-electron chi connectivity index (χ2n) is 5.93. The molecular weight excluding hydrogens is 313 g/mol. The highest BCUT2D eigenvalue weighted by atomic mass is 19.1.